The van der Waals surface area contributed by atoms with Gasteiger partial charge >= 0.3 is 0 Å². The lowest BCUT2D eigenvalue weighted by Gasteiger charge is -2.16. The third kappa shape index (κ3) is 3.95. The zero-order chi connectivity index (χ0) is 16.9. The van der Waals surface area contributed by atoms with Crippen LogP contribution in [0, 0.1) is 0 Å². The van der Waals surface area contributed by atoms with Crippen molar-refractivity contribution in [3.05, 3.63) is 53.6 Å². The van der Waals surface area contributed by atoms with Gasteiger partial charge in [-0.3, -0.25) is 9.69 Å². The van der Waals surface area contributed by atoms with Gasteiger partial charge in [0.1, 0.15) is 5.75 Å². The van der Waals surface area contributed by atoms with Gasteiger partial charge in [0.15, 0.2) is 17.3 Å². The van der Waals surface area contributed by atoms with Crippen LogP contribution in [0.25, 0.3) is 0 Å². The predicted octanol–water partition coefficient (Wildman–Crippen LogP) is 4.29. The fourth-order valence-corrected chi connectivity index (χ4v) is 3.00. The molecule has 1 fully saturated rings. The molecule has 0 aromatic heterocycles. The number of hydrogen-bond acceptors (Lipinski definition) is 4. The van der Waals surface area contributed by atoms with Crippen LogP contribution in [-0.4, -0.2) is 30.9 Å². The van der Waals surface area contributed by atoms with E-state index in [1.807, 2.05) is 24.3 Å². The summed E-state index contributed by atoms with van der Waals surface area (Å²) in [7, 11) is 1.65. The van der Waals surface area contributed by atoms with Gasteiger partial charge in [0.05, 0.1) is 7.11 Å². The van der Waals surface area contributed by atoms with Crippen LogP contribution in [0.2, 0.25) is 0 Å². The van der Waals surface area contributed by atoms with Crippen LogP contribution >= 0.6 is 0 Å². The third-order valence-electron chi connectivity index (χ3n) is 4.30. The first-order valence-corrected chi connectivity index (χ1v) is 8.34. The first-order chi connectivity index (χ1) is 11.7. The average Bonchev–Trinajstić information content (AvgIpc) is 3.09. The summed E-state index contributed by atoms with van der Waals surface area (Å²) in [6.07, 6.45) is 2.57. The molecule has 0 amide bonds. The lowest BCUT2D eigenvalue weighted by Crippen LogP contribution is -2.18. The van der Waals surface area contributed by atoms with Crippen molar-refractivity contribution in [1.29, 1.82) is 0 Å². The number of benzene rings is 2. The summed E-state index contributed by atoms with van der Waals surface area (Å²) >= 11 is 0. The van der Waals surface area contributed by atoms with Crippen molar-refractivity contribution in [1.82, 2.24) is 4.90 Å². The minimum Gasteiger partial charge on any atom is -0.493 e. The fourth-order valence-electron chi connectivity index (χ4n) is 3.00. The van der Waals surface area contributed by atoms with E-state index in [1.54, 1.807) is 26.2 Å². The van der Waals surface area contributed by atoms with E-state index in [0.717, 1.165) is 6.54 Å². The summed E-state index contributed by atoms with van der Waals surface area (Å²) in [5.74, 6) is 2.02. The van der Waals surface area contributed by atoms with Gasteiger partial charge in [-0.25, -0.2) is 0 Å². The SMILES string of the molecule is COc1cc(CN2CCCC2)ccc1Oc1cccc(C(C)=O)c1. The summed E-state index contributed by atoms with van der Waals surface area (Å²) < 4.78 is 11.4. The molecule has 1 aliphatic rings. The molecule has 0 N–H and O–H groups in total. The van der Waals surface area contributed by atoms with Crippen LogP contribution in [-0.2, 0) is 6.54 Å². The van der Waals surface area contributed by atoms with E-state index in [2.05, 4.69) is 11.0 Å². The molecule has 0 saturated carbocycles. The Hall–Kier alpha value is -2.33. The second-order valence-electron chi connectivity index (χ2n) is 6.15. The Morgan fingerprint density at radius 1 is 1.08 bits per heavy atom. The van der Waals surface area contributed by atoms with Crippen molar-refractivity contribution >= 4 is 5.78 Å². The number of hydrogen-bond donors (Lipinski definition) is 0. The summed E-state index contributed by atoms with van der Waals surface area (Å²) in [5.41, 5.74) is 1.86. The maximum Gasteiger partial charge on any atom is 0.169 e. The molecule has 1 saturated heterocycles. The number of likely N-dealkylation sites (tertiary alicyclic amines) is 1. The number of ether oxygens (including phenoxy) is 2. The van der Waals surface area contributed by atoms with E-state index >= 15 is 0 Å². The minimum atomic E-state index is 0.0216. The van der Waals surface area contributed by atoms with Crippen molar-refractivity contribution in [3.8, 4) is 17.2 Å². The van der Waals surface area contributed by atoms with Gasteiger partial charge in [-0.2, -0.15) is 0 Å². The zero-order valence-electron chi connectivity index (χ0n) is 14.2. The minimum absolute atomic E-state index is 0.0216. The molecule has 0 bridgehead atoms. The Kier molecular flexibility index (Phi) is 5.16. The van der Waals surface area contributed by atoms with Crippen LogP contribution in [0.5, 0.6) is 17.2 Å². The highest BCUT2D eigenvalue weighted by molar-refractivity contribution is 5.94. The number of ketones is 1. The smallest absolute Gasteiger partial charge is 0.169 e. The van der Waals surface area contributed by atoms with Gasteiger partial charge < -0.3 is 9.47 Å². The normalized spacial score (nSPS) is 14.6. The lowest BCUT2D eigenvalue weighted by atomic mass is 10.1. The molecular weight excluding hydrogens is 302 g/mol. The number of carbonyl (C=O) groups excluding carboxylic acids is 1. The van der Waals surface area contributed by atoms with E-state index in [9.17, 15) is 4.79 Å². The average molecular weight is 325 g/mol. The van der Waals surface area contributed by atoms with Crippen molar-refractivity contribution < 1.29 is 14.3 Å². The Bertz CT molecular complexity index is 721. The quantitative estimate of drug-likeness (QED) is 0.743. The molecule has 0 aliphatic carbocycles. The number of nitrogens with zero attached hydrogens (tertiary/aromatic N) is 1. The Labute approximate surface area is 143 Å². The highest BCUT2D eigenvalue weighted by atomic mass is 16.5. The molecule has 4 heteroatoms. The van der Waals surface area contributed by atoms with Crippen LogP contribution in [0.1, 0.15) is 35.7 Å². The molecule has 2 aromatic rings. The van der Waals surface area contributed by atoms with E-state index in [0.29, 0.717) is 22.8 Å². The monoisotopic (exact) mass is 325 g/mol. The fraction of sp³-hybridized carbons (Fsp3) is 0.350. The zero-order valence-corrected chi connectivity index (χ0v) is 14.2. The number of carbonyl (C=O) groups is 1. The largest absolute Gasteiger partial charge is 0.493 e. The molecule has 1 heterocycles. The van der Waals surface area contributed by atoms with Crippen molar-refractivity contribution in [2.75, 3.05) is 20.2 Å². The first kappa shape index (κ1) is 16.5. The van der Waals surface area contributed by atoms with Gasteiger partial charge in [-0.15, -0.1) is 0 Å². The highest BCUT2D eigenvalue weighted by Gasteiger charge is 2.14. The molecule has 1 aliphatic heterocycles. The van der Waals surface area contributed by atoms with E-state index in [4.69, 9.17) is 9.47 Å². The van der Waals surface area contributed by atoms with Crippen LogP contribution in [0.3, 0.4) is 0 Å². The van der Waals surface area contributed by atoms with Gasteiger partial charge in [-0.1, -0.05) is 18.2 Å². The topological polar surface area (TPSA) is 38.8 Å². The molecule has 24 heavy (non-hydrogen) atoms. The molecule has 2 aromatic carbocycles. The lowest BCUT2D eigenvalue weighted by molar-refractivity contribution is 0.101. The van der Waals surface area contributed by atoms with Crippen molar-refractivity contribution in [2.45, 2.75) is 26.3 Å². The van der Waals surface area contributed by atoms with E-state index in [-0.39, 0.29) is 5.78 Å². The van der Waals surface area contributed by atoms with Crippen molar-refractivity contribution in [3.63, 3.8) is 0 Å². The molecule has 0 spiro atoms. The number of methoxy groups -OCH3 is 1. The molecule has 126 valence electrons. The standard InChI is InChI=1S/C20H23NO3/c1-15(22)17-6-5-7-18(13-17)24-19-9-8-16(12-20(19)23-2)14-21-10-3-4-11-21/h5-9,12-13H,3-4,10-11,14H2,1-2H3. The summed E-state index contributed by atoms with van der Waals surface area (Å²) in [4.78, 5) is 13.9. The molecule has 4 nitrogen and oxygen atoms in total. The molecular formula is C20H23NO3. The second kappa shape index (κ2) is 7.49. The predicted molar refractivity (Wildman–Crippen MR) is 94.0 cm³/mol. The molecule has 0 atom stereocenters. The summed E-state index contributed by atoms with van der Waals surface area (Å²) in [5, 5.41) is 0. The Morgan fingerprint density at radius 2 is 1.88 bits per heavy atom. The first-order valence-electron chi connectivity index (χ1n) is 8.34. The molecule has 3 rings (SSSR count). The van der Waals surface area contributed by atoms with E-state index < -0.39 is 0 Å². The molecule has 0 radical (unpaired) electrons. The maximum atomic E-state index is 11.5. The van der Waals surface area contributed by atoms with Gasteiger partial charge in [-0.05, 0) is 62.7 Å². The van der Waals surface area contributed by atoms with Gasteiger partial charge in [0.25, 0.3) is 0 Å². The van der Waals surface area contributed by atoms with Crippen LogP contribution in [0.15, 0.2) is 42.5 Å². The Balaban J connectivity index is 1.77. The summed E-state index contributed by atoms with van der Waals surface area (Å²) in [6, 6.07) is 13.2. The summed E-state index contributed by atoms with van der Waals surface area (Å²) in [6.45, 7) is 4.82. The number of Topliss-reactive ketones (excluding diaryl/α,β-unsaturated/α-hetero) is 1. The molecule has 0 unspecified atom stereocenters. The van der Waals surface area contributed by atoms with Crippen LogP contribution < -0.4 is 9.47 Å². The van der Waals surface area contributed by atoms with Crippen LogP contribution in [0.4, 0.5) is 0 Å². The van der Waals surface area contributed by atoms with E-state index in [1.165, 1.54) is 31.5 Å². The number of rotatable bonds is 6. The van der Waals surface area contributed by atoms with Gasteiger partial charge in [0.2, 0.25) is 0 Å². The van der Waals surface area contributed by atoms with Crippen molar-refractivity contribution in [2.24, 2.45) is 0 Å². The van der Waals surface area contributed by atoms with Gasteiger partial charge in [0, 0.05) is 12.1 Å². The third-order valence-corrected chi connectivity index (χ3v) is 4.30. The second-order valence-corrected chi connectivity index (χ2v) is 6.15. The Morgan fingerprint density at radius 3 is 2.58 bits per heavy atom. The maximum absolute atomic E-state index is 11.5. The highest BCUT2D eigenvalue weighted by Crippen LogP contribution is 2.33.